The Hall–Kier alpha value is -2.09. The Morgan fingerprint density at radius 1 is 1.04 bits per heavy atom. The molecule has 1 atom stereocenters. The summed E-state index contributed by atoms with van der Waals surface area (Å²) in [5, 5.41) is 0. The van der Waals surface area contributed by atoms with Crippen molar-refractivity contribution in [3.8, 4) is 0 Å². The van der Waals surface area contributed by atoms with Crippen LogP contribution in [-0.2, 0) is 12.0 Å². The third-order valence-electron chi connectivity index (χ3n) is 5.22. The molecule has 0 radical (unpaired) electrons. The normalized spacial score (nSPS) is 19.7. The fraction of sp³-hybridized carbons (Fsp3) is 0.409. The lowest BCUT2D eigenvalue weighted by atomic mass is 9.78. The summed E-state index contributed by atoms with van der Waals surface area (Å²) in [6.07, 6.45) is 3.07. The third kappa shape index (κ3) is 2.75. The molecule has 3 rings (SSSR count). The molecule has 2 heteroatoms. The summed E-state index contributed by atoms with van der Waals surface area (Å²) in [6.45, 7) is 11.2. The van der Waals surface area contributed by atoms with Crippen molar-refractivity contribution in [2.75, 3.05) is 7.05 Å². The van der Waals surface area contributed by atoms with Gasteiger partial charge < -0.3 is 4.90 Å². The van der Waals surface area contributed by atoms with Crippen LogP contribution < -0.4 is 0 Å². The van der Waals surface area contributed by atoms with Gasteiger partial charge >= 0.3 is 0 Å². The highest BCUT2D eigenvalue weighted by molar-refractivity contribution is 5.72. The fourth-order valence-electron chi connectivity index (χ4n) is 3.74. The van der Waals surface area contributed by atoms with Crippen molar-refractivity contribution in [3.63, 3.8) is 0 Å². The molecule has 126 valence electrons. The lowest BCUT2D eigenvalue weighted by Crippen LogP contribution is -2.43. The van der Waals surface area contributed by atoms with E-state index in [-0.39, 0.29) is 5.54 Å². The fourth-order valence-corrected chi connectivity index (χ4v) is 3.74. The predicted octanol–water partition coefficient (Wildman–Crippen LogP) is 5.37. The molecule has 2 aromatic rings. The molecule has 0 saturated carbocycles. The van der Waals surface area contributed by atoms with E-state index in [0.717, 1.165) is 12.1 Å². The van der Waals surface area contributed by atoms with Crippen molar-refractivity contribution in [2.24, 2.45) is 10.9 Å². The van der Waals surface area contributed by atoms with Crippen LogP contribution in [0.5, 0.6) is 0 Å². The zero-order chi connectivity index (χ0) is 17.5. The van der Waals surface area contributed by atoms with Gasteiger partial charge in [0.05, 0.1) is 17.6 Å². The van der Waals surface area contributed by atoms with Gasteiger partial charge in [-0.1, -0.05) is 49.7 Å². The SMILES string of the molecule is Cc1ccc(C)c(C2(C)c3ccc(CC(C)C)cc3N=CN2C)c1. The molecule has 1 aliphatic heterocycles. The summed E-state index contributed by atoms with van der Waals surface area (Å²) < 4.78 is 0. The summed E-state index contributed by atoms with van der Waals surface area (Å²) in [6, 6.07) is 13.5. The molecule has 0 spiro atoms. The molecule has 1 aliphatic rings. The zero-order valence-corrected chi connectivity index (χ0v) is 15.7. The third-order valence-corrected chi connectivity index (χ3v) is 5.22. The smallest absolute Gasteiger partial charge is 0.0919 e. The van der Waals surface area contributed by atoms with Gasteiger partial charge in [-0.25, -0.2) is 4.99 Å². The van der Waals surface area contributed by atoms with Gasteiger partial charge in [-0.05, 0) is 55.9 Å². The average molecular weight is 320 g/mol. The van der Waals surface area contributed by atoms with Gasteiger partial charge in [0.25, 0.3) is 0 Å². The molecule has 1 heterocycles. The average Bonchev–Trinajstić information content (AvgIpc) is 2.53. The van der Waals surface area contributed by atoms with Gasteiger partial charge in [0, 0.05) is 12.6 Å². The van der Waals surface area contributed by atoms with Crippen molar-refractivity contribution >= 4 is 12.0 Å². The standard InChI is InChI=1S/C22H28N2/c1-15(2)11-18-9-10-19-21(13-18)23-14-24(6)22(19,5)20-12-16(3)7-8-17(20)4/h7-10,12-15H,11H2,1-6H3. The molecule has 1 unspecified atom stereocenters. The molecule has 2 nitrogen and oxygen atoms in total. The Bertz CT molecular complexity index is 789. The van der Waals surface area contributed by atoms with E-state index < -0.39 is 0 Å². The number of aryl methyl sites for hydroxylation is 2. The quantitative estimate of drug-likeness (QED) is 0.742. The summed E-state index contributed by atoms with van der Waals surface area (Å²) in [4.78, 5) is 6.95. The lowest BCUT2D eigenvalue weighted by Gasteiger charge is -2.43. The van der Waals surface area contributed by atoms with Gasteiger partial charge in [-0.2, -0.15) is 0 Å². The monoisotopic (exact) mass is 320 g/mol. The first-order chi connectivity index (χ1) is 11.3. The first-order valence-electron chi connectivity index (χ1n) is 8.80. The molecule has 0 bridgehead atoms. The first-order valence-corrected chi connectivity index (χ1v) is 8.80. The van der Waals surface area contributed by atoms with E-state index in [4.69, 9.17) is 4.99 Å². The topological polar surface area (TPSA) is 15.6 Å². The number of rotatable bonds is 3. The predicted molar refractivity (Wildman–Crippen MR) is 103 cm³/mol. The summed E-state index contributed by atoms with van der Waals surface area (Å²) in [5.74, 6) is 0.656. The Labute approximate surface area is 146 Å². The first kappa shape index (κ1) is 16.8. The highest BCUT2D eigenvalue weighted by Crippen LogP contribution is 2.43. The number of nitrogens with zero attached hydrogens (tertiary/aromatic N) is 2. The van der Waals surface area contributed by atoms with E-state index in [2.05, 4.69) is 83.0 Å². The molecule has 0 aromatic heterocycles. The molecular formula is C22H28N2. The van der Waals surface area contributed by atoms with Gasteiger partial charge in [0.2, 0.25) is 0 Å². The van der Waals surface area contributed by atoms with Crippen molar-refractivity contribution in [2.45, 2.75) is 46.6 Å². The Morgan fingerprint density at radius 3 is 2.50 bits per heavy atom. The van der Waals surface area contributed by atoms with E-state index in [1.807, 2.05) is 6.34 Å². The van der Waals surface area contributed by atoms with Crippen LogP contribution >= 0.6 is 0 Å². The second-order valence-corrected chi connectivity index (χ2v) is 7.70. The van der Waals surface area contributed by atoms with Gasteiger partial charge in [-0.3, -0.25) is 0 Å². The number of fused-ring (bicyclic) bond motifs is 1. The Morgan fingerprint density at radius 2 is 1.79 bits per heavy atom. The van der Waals surface area contributed by atoms with Crippen LogP contribution in [0.3, 0.4) is 0 Å². The minimum Gasteiger partial charge on any atom is -0.352 e. The second kappa shape index (κ2) is 6.08. The number of hydrogen-bond donors (Lipinski definition) is 0. The zero-order valence-electron chi connectivity index (χ0n) is 15.7. The van der Waals surface area contributed by atoms with Crippen LogP contribution in [0.4, 0.5) is 5.69 Å². The highest BCUT2D eigenvalue weighted by atomic mass is 15.2. The second-order valence-electron chi connectivity index (χ2n) is 7.70. The molecule has 0 N–H and O–H groups in total. The van der Waals surface area contributed by atoms with Crippen LogP contribution in [0.2, 0.25) is 0 Å². The van der Waals surface area contributed by atoms with Crippen LogP contribution in [0, 0.1) is 19.8 Å². The van der Waals surface area contributed by atoms with Crippen LogP contribution in [-0.4, -0.2) is 18.3 Å². The van der Waals surface area contributed by atoms with E-state index in [9.17, 15) is 0 Å². The molecule has 2 aromatic carbocycles. The van der Waals surface area contributed by atoms with Crippen LogP contribution in [0.25, 0.3) is 0 Å². The van der Waals surface area contributed by atoms with E-state index in [0.29, 0.717) is 5.92 Å². The minimum absolute atomic E-state index is 0.191. The van der Waals surface area contributed by atoms with E-state index in [1.54, 1.807) is 0 Å². The molecule has 24 heavy (non-hydrogen) atoms. The number of hydrogen-bond acceptors (Lipinski definition) is 2. The molecule has 0 saturated heterocycles. The summed E-state index contributed by atoms with van der Waals surface area (Å²) >= 11 is 0. The number of aliphatic imine (C=N–C) groups is 1. The maximum absolute atomic E-state index is 4.72. The van der Waals surface area contributed by atoms with Crippen molar-refractivity contribution in [1.82, 2.24) is 4.90 Å². The van der Waals surface area contributed by atoms with Crippen molar-refractivity contribution in [1.29, 1.82) is 0 Å². The minimum atomic E-state index is -0.191. The molecular weight excluding hydrogens is 292 g/mol. The Balaban J connectivity index is 2.16. The summed E-state index contributed by atoms with van der Waals surface area (Å²) in [7, 11) is 2.12. The van der Waals surface area contributed by atoms with Crippen LogP contribution in [0.15, 0.2) is 41.4 Å². The van der Waals surface area contributed by atoms with Gasteiger partial charge in [0.1, 0.15) is 0 Å². The Kier molecular flexibility index (Phi) is 4.25. The molecule has 0 aliphatic carbocycles. The largest absolute Gasteiger partial charge is 0.352 e. The van der Waals surface area contributed by atoms with Gasteiger partial charge in [-0.15, -0.1) is 0 Å². The molecule has 0 amide bonds. The maximum Gasteiger partial charge on any atom is 0.0919 e. The van der Waals surface area contributed by atoms with Crippen molar-refractivity contribution < 1.29 is 0 Å². The maximum atomic E-state index is 4.72. The van der Waals surface area contributed by atoms with Gasteiger partial charge in [0.15, 0.2) is 0 Å². The van der Waals surface area contributed by atoms with E-state index >= 15 is 0 Å². The van der Waals surface area contributed by atoms with Crippen molar-refractivity contribution in [3.05, 3.63) is 64.2 Å². The lowest BCUT2D eigenvalue weighted by molar-refractivity contribution is 0.291. The van der Waals surface area contributed by atoms with Crippen LogP contribution in [0.1, 0.15) is 48.6 Å². The highest BCUT2D eigenvalue weighted by Gasteiger charge is 2.37. The molecule has 0 fully saturated rings. The number of benzene rings is 2. The van der Waals surface area contributed by atoms with E-state index in [1.165, 1.54) is 27.8 Å². The summed E-state index contributed by atoms with van der Waals surface area (Å²) in [5.41, 5.74) is 7.54.